The maximum absolute atomic E-state index is 12.5. The Morgan fingerprint density at radius 3 is 2.68 bits per heavy atom. The zero-order chi connectivity index (χ0) is 20.0. The van der Waals surface area contributed by atoms with Crippen LogP contribution in [-0.2, 0) is 0 Å². The van der Waals surface area contributed by atoms with Gasteiger partial charge in [0.15, 0.2) is 8.29 Å². The molecule has 0 aliphatic heterocycles. The highest BCUT2D eigenvalue weighted by molar-refractivity contribution is 8.01. The Hall–Kier alpha value is -1.52. The predicted molar refractivity (Wildman–Crippen MR) is 121 cm³/mol. The summed E-state index contributed by atoms with van der Waals surface area (Å²) in [5, 5.41) is 5.89. The summed E-state index contributed by atoms with van der Waals surface area (Å²) in [6, 6.07) is 7.37. The lowest BCUT2D eigenvalue weighted by Crippen LogP contribution is -2.12. The van der Waals surface area contributed by atoms with Gasteiger partial charge in [0.05, 0.1) is 16.3 Å². The molecule has 0 bridgehead atoms. The summed E-state index contributed by atoms with van der Waals surface area (Å²) in [5.74, 6) is 0.642. The third-order valence-corrected chi connectivity index (χ3v) is 8.10. The monoisotopic (exact) mass is 466 g/mol. The first-order valence-corrected chi connectivity index (χ1v) is 11.7. The first-order chi connectivity index (χ1) is 13.3. The smallest absolute Gasteiger partial charge is 0.259 e. The molecule has 0 saturated carbocycles. The minimum Gasteiger partial charge on any atom is -0.309 e. The van der Waals surface area contributed by atoms with E-state index in [1.54, 1.807) is 16.0 Å². The fraction of sp³-hybridized carbons (Fsp3) is 0.222. The van der Waals surface area contributed by atoms with Crippen molar-refractivity contribution < 1.29 is 0 Å². The molecule has 5 nitrogen and oxygen atoms in total. The molecule has 1 atom stereocenters. The summed E-state index contributed by atoms with van der Waals surface area (Å²) in [6.45, 7) is 5.97. The Kier molecular flexibility index (Phi) is 5.45. The number of nitrogens with one attached hydrogen (secondary N) is 1. The maximum Gasteiger partial charge on any atom is 0.259 e. The van der Waals surface area contributed by atoms with Gasteiger partial charge < -0.3 is 4.98 Å². The largest absolute Gasteiger partial charge is 0.309 e. The predicted octanol–water partition coefficient (Wildman–Crippen LogP) is 6.08. The van der Waals surface area contributed by atoms with Crippen LogP contribution >= 0.6 is 58.3 Å². The standard InChI is InChI=1S/C18H15ClN4OS4/c1-8-9(2)26-16-13(8)15(24)20-14(21-16)10(3)27-17-22-23(18(25)28-17)12-6-4-11(19)5-7-12/h4-7,10H,1-3H3,(H,20,21,24)/t10-/m1/s1. The molecule has 0 aliphatic carbocycles. The number of hydrogen-bond acceptors (Lipinski definition) is 7. The van der Waals surface area contributed by atoms with Crippen LogP contribution in [0.1, 0.15) is 28.4 Å². The van der Waals surface area contributed by atoms with Crippen molar-refractivity contribution in [3.63, 3.8) is 0 Å². The van der Waals surface area contributed by atoms with E-state index in [9.17, 15) is 4.79 Å². The van der Waals surface area contributed by atoms with E-state index in [0.717, 1.165) is 25.3 Å². The van der Waals surface area contributed by atoms with Crippen molar-refractivity contribution in [3.8, 4) is 5.69 Å². The van der Waals surface area contributed by atoms with Crippen LogP contribution in [0, 0.1) is 17.8 Å². The minimum atomic E-state index is -0.0892. The zero-order valence-corrected chi connectivity index (χ0v) is 19.2. The van der Waals surface area contributed by atoms with Crippen LogP contribution in [0.4, 0.5) is 0 Å². The van der Waals surface area contributed by atoms with Crippen molar-refractivity contribution in [2.75, 3.05) is 0 Å². The van der Waals surface area contributed by atoms with Gasteiger partial charge in [-0.3, -0.25) is 4.79 Å². The minimum absolute atomic E-state index is 0.0703. The van der Waals surface area contributed by atoms with Crippen molar-refractivity contribution >= 4 is 68.5 Å². The third-order valence-electron chi connectivity index (χ3n) is 4.32. The van der Waals surface area contributed by atoms with Gasteiger partial charge in [-0.15, -0.1) is 16.4 Å². The van der Waals surface area contributed by atoms with Crippen LogP contribution in [0.5, 0.6) is 0 Å². The molecule has 0 fully saturated rings. The lowest BCUT2D eigenvalue weighted by Gasteiger charge is -2.08. The first kappa shape index (κ1) is 19.8. The Bertz CT molecular complexity index is 1290. The third kappa shape index (κ3) is 3.69. The number of benzene rings is 1. The summed E-state index contributed by atoms with van der Waals surface area (Å²) in [5.41, 5.74) is 1.77. The van der Waals surface area contributed by atoms with Gasteiger partial charge in [0.2, 0.25) is 0 Å². The number of hydrogen-bond donors (Lipinski definition) is 1. The Labute approximate surface area is 183 Å². The molecule has 4 aromatic rings. The van der Waals surface area contributed by atoms with E-state index in [0.29, 0.717) is 20.2 Å². The van der Waals surface area contributed by atoms with Crippen LogP contribution in [0.3, 0.4) is 0 Å². The molecule has 3 aromatic heterocycles. The average Bonchev–Trinajstić information content (AvgIpc) is 3.15. The molecule has 144 valence electrons. The number of thioether (sulfide) groups is 1. The normalized spacial score (nSPS) is 12.6. The van der Waals surface area contributed by atoms with Gasteiger partial charge in [0.25, 0.3) is 5.56 Å². The molecular weight excluding hydrogens is 452 g/mol. The summed E-state index contributed by atoms with van der Waals surface area (Å²) < 4.78 is 3.18. The van der Waals surface area contributed by atoms with E-state index in [2.05, 4.69) is 15.1 Å². The highest BCUT2D eigenvalue weighted by Gasteiger charge is 2.18. The van der Waals surface area contributed by atoms with Crippen LogP contribution < -0.4 is 5.56 Å². The molecule has 1 N–H and O–H groups in total. The quantitative estimate of drug-likeness (QED) is 0.291. The molecule has 3 heterocycles. The van der Waals surface area contributed by atoms with Gasteiger partial charge >= 0.3 is 0 Å². The number of aromatic amines is 1. The molecule has 0 spiro atoms. The Morgan fingerprint density at radius 2 is 1.96 bits per heavy atom. The topological polar surface area (TPSA) is 63.6 Å². The van der Waals surface area contributed by atoms with Gasteiger partial charge in [-0.1, -0.05) is 34.7 Å². The first-order valence-electron chi connectivity index (χ1n) is 8.36. The van der Waals surface area contributed by atoms with Crippen LogP contribution in [-0.4, -0.2) is 19.7 Å². The number of halogens is 1. The fourth-order valence-corrected chi connectivity index (χ4v) is 6.45. The molecule has 10 heteroatoms. The second-order valence-electron chi connectivity index (χ2n) is 6.20. The number of nitrogens with zero attached hydrogens (tertiary/aromatic N) is 3. The second kappa shape index (κ2) is 7.72. The number of aromatic nitrogens is 4. The Balaban J connectivity index is 1.64. The molecule has 1 aromatic carbocycles. The molecule has 0 saturated heterocycles. The van der Waals surface area contributed by atoms with Gasteiger partial charge in [-0.2, -0.15) is 0 Å². The van der Waals surface area contributed by atoms with E-state index in [-0.39, 0.29) is 10.8 Å². The van der Waals surface area contributed by atoms with Gasteiger partial charge in [-0.05, 0) is 62.8 Å². The molecule has 0 unspecified atom stereocenters. The van der Waals surface area contributed by atoms with Gasteiger partial charge in [0.1, 0.15) is 10.7 Å². The number of H-pyrrole nitrogens is 1. The molecule has 0 radical (unpaired) electrons. The summed E-state index contributed by atoms with van der Waals surface area (Å²) in [6.07, 6.45) is 0. The molecule has 4 rings (SSSR count). The zero-order valence-electron chi connectivity index (χ0n) is 15.1. The van der Waals surface area contributed by atoms with E-state index >= 15 is 0 Å². The van der Waals surface area contributed by atoms with Gasteiger partial charge in [0, 0.05) is 9.90 Å². The number of fused-ring (bicyclic) bond motifs is 1. The maximum atomic E-state index is 12.5. The summed E-state index contributed by atoms with van der Waals surface area (Å²) >= 11 is 15.9. The van der Waals surface area contributed by atoms with Crippen molar-refractivity contribution in [1.82, 2.24) is 19.7 Å². The van der Waals surface area contributed by atoms with Crippen molar-refractivity contribution in [3.05, 3.63) is 59.9 Å². The SMILES string of the molecule is Cc1sc2nc([C@@H](C)Sc3nn(-c4ccc(Cl)cc4)c(=S)s3)[nH]c(=O)c2c1C. The van der Waals surface area contributed by atoms with Crippen molar-refractivity contribution in [2.24, 2.45) is 0 Å². The lowest BCUT2D eigenvalue weighted by atomic mass is 10.2. The van der Waals surface area contributed by atoms with Crippen molar-refractivity contribution in [2.45, 2.75) is 30.4 Å². The van der Waals surface area contributed by atoms with Crippen LogP contribution in [0.25, 0.3) is 15.9 Å². The fourth-order valence-electron chi connectivity index (χ4n) is 2.72. The van der Waals surface area contributed by atoms with E-state index in [1.165, 1.54) is 23.1 Å². The average molecular weight is 467 g/mol. The number of rotatable bonds is 4. The van der Waals surface area contributed by atoms with Gasteiger partial charge in [-0.25, -0.2) is 9.67 Å². The van der Waals surface area contributed by atoms with Crippen LogP contribution in [0.2, 0.25) is 5.02 Å². The second-order valence-corrected chi connectivity index (χ2v) is 11.0. The number of thiophene rings is 1. The molecule has 28 heavy (non-hydrogen) atoms. The lowest BCUT2D eigenvalue weighted by molar-refractivity contribution is 0.825. The van der Waals surface area contributed by atoms with Crippen molar-refractivity contribution in [1.29, 1.82) is 0 Å². The van der Waals surface area contributed by atoms with E-state index in [4.69, 9.17) is 23.8 Å². The molecule has 0 amide bonds. The number of aryl methyl sites for hydroxylation is 2. The Morgan fingerprint density at radius 1 is 1.25 bits per heavy atom. The molecule has 0 aliphatic rings. The van der Waals surface area contributed by atoms with Crippen LogP contribution in [0.15, 0.2) is 33.4 Å². The highest BCUT2D eigenvalue weighted by Crippen LogP contribution is 2.36. The molecular formula is C18H15ClN4OS4. The highest BCUT2D eigenvalue weighted by atomic mass is 35.5. The van der Waals surface area contributed by atoms with E-state index in [1.807, 2.05) is 45.0 Å². The summed E-state index contributed by atoms with van der Waals surface area (Å²) in [4.78, 5) is 22.0. The van der Waals surface area contributed by atoms with E-state index < -0.39 is 0 Å². The summed E-state index contributed by atoms with van der Waals surface area (Å²) in [7, 11) is 0.